The molecule has 21 heavy (non-hydrogen) atoms. The Morgan fingerprint density at radius 1 is 1.38 bits per heavy atom. The van der Waals surface area contributed by atoms with Gasteiger partial charge in [-0.3, -0.25) is 4.79 Å². The molecule has 5 heteroatoms. The first-order chi connectivity index (χ1) is 9.90. The zero-order valence-electron chi connectivity index (χ0n) is 12.2. The summed E-state index contributed by atoms with van der Waals surface area (Å²) in [6, 6.07) is 0. The van der Waals surface area contributed by atoms with Gasteiger partial charge in [0.15, 0.2) is 0 Å². The van der Waals surface area contributed by atoms with Crippen molar-refractivity contribution >= 4 is 17.5 Å². The summed E-state index contributed by atoms with van der Waals surface area (Å²) in [5.74, 6) is -1.21. The summed E-state index contributed by atoms with van der Waals surface area (Å²) in [5, 5.41) is 18.5. The summed E-state index contributed by atoms with van der Waals surface area (Å²) in [6.45, 7) is 1.56. The molecule has 1 aliphatic carbocycles. The fraction of sp³-hybridized carbons (Fsp3) is 0.562. The highest BCUT2D eigenvalue weighted by atomic mass is 16.4. The third-order valence-corrected chi connectivity index (χ3v) is 3.63. The molecule has 3 atom stereocenters. The number of hydrogen-bond donors (Lipinski definition) is 2. The molecule has 0 spiro atoms. The van der Waals surface area contributed by atoms with Crippen LogP contribution < -0.4 is 0 Å². The van der Waals surface area contributed by atoms with Crippen LogP contribution in [0.3, 0.4) is 0 Å². The van der Waals surface area contributed by atoms with Crippen LogP contribution in [-0.2, 0) is 14.4 Å². The molecule has 0 aromatic heterocycles. The number of carboxylic acids is 1. The molecule has 1 rings (SSSR count). The van der Waals surface area contributed by atoms with E-state index in [4.69, 9.17) is 5.11 Å². The Morgan fingerprint density at radius 3 is 2.71 bits per heavy atom. The van der Waals surface area contributed by atoms with Crippen LogP contribution in [0.2, 0.25) is 0 Å². The fourth-order valence-corrected chi connectivity index (χ4v) is 2.56. The Hall–Kier alpha value is -1.75. The number of hydrogen-bond acceptors (Lipinski definition) is 4. The molecule has 0 heterocycles. The minimum Gasteiger partial charge on any atom is -0.478 e. The van der Waals surface area contributed by atoms with Crippen molar-refractivity contribution in [2.24, 2.45) is 11.8 Å². The van der Waals surface area contributed by atoms with Gasteiger partial charge in [0.05, 0.1) is 6.10 Å². The van der Waals surface area contributed by atoms with Crippen molar-refractivity contribution in [3.05, 3.63) is 24.3 Å². The normalized spacial score (nSPS) is 24.0. The molecule has 1 saturated carbocycles. The topological polar surface area (TPSA) is 91.7 Å². The molecule has 1 fully saturated rings. The molecule has 2 N–H and O–H groups in total. The number of Topliss-reactive ketones (excluding diaryl/α,β-unsaturated/α-hetero) is 2. The van der Waals surface area contributed by atoms with Crippen molar-refractivity contribution in [3.8, 4) is 0 Å². The molecule has 0 aromatic rings. The quantitative estimate of drug-likeness (QED) is 0.405. The van der Waals surface area contributed by atoms with E-state index in [1.807, 2.05) is 12.2 Å². The number of carbonyl (C=O) groups excluding carboxylic acids is 2. The van der Waals surface area contributed by atoms with Gasteiger partial charge in [0, 0.05) is 31.3 Å². The molecule has 116 valence electrons. The first kappa shape index (κ1) is 17.3. The predicted molar refractivity (Wildman–Crippen MR) is 77.7 cm³/mol. The molecule has 5 nitrogen and oxygen atoms in total. The Morgan fingerprint density at radius 2 is 2.10 bits per heavy atom. The number of ketones is 2. The third kappa shape index (κ3) is 6.49. The van der Waals surface area contributed by atoms with Crippen molar-refractivity contribution in [2.45, 2.75) is 45.1 Å². The zero-order valence-corrected chi connectivity index (χ0v) is 12.2. The minimum atomic E-state index is -1.12. The molecule has 1 aliphatic rings. The van der Waals surface area contributed by atoms with E-state index in [0.717, 1.165) is 18.9 Å². The summed E-state index contributed by atoms with van der Waals surface area (Å²) >= 11 is 0. The Bertz CT molecular complexity index is 450. The number of aliphatic hydroxyl groups excluding tert-OH is 1. The summed E-state index contributed by atoms with van der Waals surface area (Å²) in [5.41, 5.74) is 0. The lowest BCUT2D eigenvalue weighted by molar-refractivity contribution is -0.131. The number of aliphatic carboxylic acids is 1. The molecule has 0 bridgehead atoms. The van der Waals surface area contributed by atoms with Crippen molar-refractivity contribution in [3.63, 3.8) is 0 Å². The minimum absolute atomic E-state index is 0.0664. The van der Waals surface area contributed by atoms with Crippen LogP contribution >= 0.6 is 0 Å². The molecule has 0 aromatic carbocycles. The van der Waals surface area contributed by atoms with E-state index in [2.05, 4.69) is 0 Å². The van der Waals surface area contributed by atoms with Gasteiger partial charge in [-0.2, -0.15) is 0 Å². The summed E-state index contributed by atoms with van der Waals surface area (Å²) in [4.78, 5) is 32.8. The Balaban J connectivity index is 2.54. The van der Waals surface area contributed by atoms with E-state index < -0.39 is 12.1 Å². The zero-order chi connectivity index (χ0) is 15.8. The molecule has 0 amide bonds. The molecule has 0 aliphatic heterocycles. The smallest absolute Gasteiger partial charge is 0.328 e. The van der Waals surface area contributed by atoms with Crippen LogP contribution in [0, 0.1) is 11.8 Å². The Labute approximate surface area is 124 Å². The lowest BCUT2D eigenvalue weighted by Gasteiger charge is -2.19. The number of allylic oxidation sites excluding steroid dienone is 2. The van der Waals surface area contributed by atoms with Gasteiger partial charge in [-0.25, -0.2) is 4.79 Å². The van der Waals surface area contributed by atoms with Crippen molar-refractivity contribution in [1.29, 1.82) is 0 Å². The Kier molecular flexibility index (Phi) is 7.02. The highest BCUT2D eigenvalue weighted by molar-refractivity contribution is 5.82. The van der Waals surface area contributed by atoms with Crippen LogP contribution in [-0.4, -0.2) is 33.9 Å². The second-order valence-electron chi connectivity index (χ2n) is 5.48. The van der Waals surface area contributed by atoms with Crippen LogP contribution in [0.1, 0.15) is 39.0 Å². The van der Waals surface area contributed by atoms with Crippen molar-refractivity contribution < 1.29 is 24.6 Å². The van der Waals surface area contributed by atoms with Gasteiger partial charge < -0.3 is 15.0 Å². The van der Waals surface area contributed by atoms with Gasteiger partial charge >= 0.3 is 5.97 Å². The van der Waals surface area contributed by atoms with Gasteiger partial charge in [-0.15, -0.1) is 0 Å². The average Bonchev–Trinajstić information content (AvgIpc) is 2.76. The van der Waals surface area contributed by atoms with Gasteiger partial charge in [-0.1, -0.05) is 12.2 Å². The maximum absolute atomic E-state index is 11.6. The molecule has 0 unspecified atom stereocenters. The molecule has 0 radical (unpaired) electrons. The monoisotopic (exact) mass is 294 g/mol. The van der Waals surface area contributed by atoms with Gasteiger partial charge in [-0.05, 0) is 31.8 Å². The fourth-order valence-electron chi connectivity index (χ4n) is 2.56. The largest absolute Gasteiger partial charge is 0.478 e. The molecular weight excluding hydrogens is 272 g/mol. The highest BCUT2D eigenvalue weighted by Gasteiger charge is 2.35. The lowest BCUT2D eigenvalue weighted by Crippen LogP contribution is -2.21. The number of rotatable bonds is 8. The van der Waals surface area contributed by atoms with Crippen LogP contribution in [0.5, 0.6) is 0 Å². The predicted octanol–water partition coefficient (Wildman–Crippen LogP) is 1.90. The first-order valence-corrected chi connectivity index (χ1v) is 7.17. The SMILES string of the molecule is CC(=O)CCC/C=C/[C@H]1CC(=O)C[C@H]1[C@H](O)/C=C/C(=O)O. The van der Waals surface area contributed by atoms with E-state index in [-0.39, 0.29) is 29.8 Å². The van der Waals surface area contributed by atoms with Gasteiger partial charge in [0.25, 0.3) is 0 Å². The second-order valence-corrected chi connectivity index (χ2v) is 5.48. The van der Waals surface area contributed by atoms with E-state index in [1.54, 1.807) is 6.92 Å². The summed E-state index contributed by atoms with van der Waals surface area (Å²) in [7, 11) is 0. The number of unbranched alkanes of at least 4 members (excludes halogenated alkanes) is 1. The van der Waals surface area contributed by atoms with E-state index in [9.17, 15) is 19.5 Å². The number of aliphatic hydroxyl groups is 1. The second kappa shape index (κ2) is 8.52. The first-order valence-electron chi connectivity index (χ1n) is 7.17. The summed E-state index contributed by atoms with van der Waals surface area (Å²) in [6.07, 6.45) is 7.78. The highest BCUT2D eigenvalue weighted by Crippen LogP contribution is 2.33. The van der Waals surface area contributed by atoms with Crippen LogP contribution in [0.25, 0.3) is 0 Å². The third-order valence-electron chi connectivity index (χ3n) is 3.63. The maximum atomic E-state index is 11.6. The van der Waals surface area contributed by atoms with E-state index in [1.165, 1.54) is 6.08 Å². The molecular formula is C16H22O5. The van der Waals surface area contributed by atoms with Crippen molar-refractivity contribution in [1.82, 2.24) is 0 Å². The lowest BCUT2D eigenvalue weighted by atomic mass is 9.90. The van der Waals surface area contributed by atoms with Gasteiger partial charge in [0.1, 0.15) is 11.6 Å². The van der Waals surface area contributed by atoms with Crippen molar-refractivity contribution in [2.75, 3.05) is 0 Å². The van der Waals surface area contributed by atoms with Crippen LogP contribution in [0.15, 0.2) is 24.3 Å². The summed E-state index contributed by atoms with van der Waals surface area (Å²) < 4.78 is 0. The van der Waals surface area contributed by atoms with Crippen LogP contribution in [0.4, 0.5) is 0 Å². The van der Waals surface area contributed by atoms with E-state index in [0.29, 0.717) is 12.8 Å². The number of carbonyl (C=O) groups is 3. The maximum Gasteiger partial charge on any atom is 0.328 e. The molecule has 0 saturated heterocycles. The van der Waals surface area contributed by atoms with Gasteiger partial charge in [0.2, 0.25) is 0 Å². The average molecular weight is 294 g/mol. The number of carboxylic acid groups (broad SMARTS) is 1. The standard InChI is InChI=1S/C16H22O5/c1-11(17)5-3-2-4-6-12-9-13(18)10-14(12)15(19)7-8-16(20)21/h4,6-8,12,14-15,19H,2-3,5,9-10H2,1H3,(H,20,21)/b6-4+,8-7+/t12-,14+,15+/m0/s1. The van der Waals surface area contributed by atoms with E-state index >= 15 is 0 Å².